The second-order valence-electron chi connectivity index (χ2n) is 7.18. The van der Waals surface area contributed by atoms with Gasteiger partial charge in [-0.3, -0.25) is 9.59 Å². The quantitative estimate of drug-likeness (QED) is 0.445. The third-order valence-electron chi connectivity index (χ3n) is 4.73. The van der Waals surface area contributed by atoms with Crippen molar-refractivity contribution in [2.45, 2.75) is 20.5 Å². The van der Waals surface area contributed by atoms with Gasteiger partial charge >= 0.3 is 0 Å². The number of aryl methyl sites for hydroxylation is 1. The molecule has 0 unspecified atom stereocenters. The molecule has 0 spiro atoms. The van der Waals surface area contributed by atoms with Crippen LogP contribution in [0.2, 0.25) is 0 Å². The van der Waals surface area contributed by atoms with Crippen molar-refractivity contribution in [3.8, 4) is 11.5 Å². The largest absolute Gasteiger partial charge is 0.497 e. The van der Waals surface area contributed by atoms with Crippen LogP contribution in [0.25, 0.3) is 6.08 Å². The Morgan fingerprint density at radius 3 is 2.61 bits per heavy atom. The Morgan fingerprint density at radius 1 is 1.15 bits per heavy atom. The van der Waals surface area contributed by atoms with E-state index < -0.39 is 0 Å². The van der Waals surface area contributed by atoms with Crippen molar-refractivity contribution in [2.75, 3.05) is 25.5 Å². The lowest BCUT2D eigenvalue weighted by atomic mass is 10.2. The van der Waals surface area contributed by atoms with Gasteiger partial charge in [0.25, 0.3) is 0 Å². The molecule has 0 radical (unpaired) electrons. The van der Waals surface area contributed by atoms with Gasteiger partial charge < -0.3 is 19.7 Å². The summed E-state index contributed by atoms with van der Waals surface area (Å²) < 4.78 is 10.9. The normalized spacial score (nSPS) is 10.8. The van der Waals surface area contributed by atoms with Crippen LogP contribution in [0.4, 0.5) is 5.69 Å². The minimum Gasteiger partial charge on any atom is -0.497 e. The van der Waals surface area contributed by atoms with Crippen LogP contribution in [0.3, 0.4) is 0 Å². The Morgan fingerprint density at radius 2 is 1.94 bits per heavy atom. The summed E-state index contributed by atoms with van der Waals surface area (Å²) in [5.41, 5.74) is 2.38. The Kier molecular flexibility index (Phi) is 8.60. The number of amides is 2. The molecule has 8 heteroatoms. The van der Waals surface area contributed by atoms with Crippen LogP contribution in [0.5, 0.6) is 11.5 Å². The second kappa shape index (κ2) is 11.8. The molecule has 3 rings (SSSR count). The Balaban J connectivity index is 1.51. The summed E-state index contributed by atoms with van der Waals surface area (Å²) in [5, 5.41) is 5.78. The van der Waals surface area contributed by atoms with E-state index in [1.807, 2.05) is 43.5 Å². The first kappa shape index (κ1) is 24.0. The maximum absolute atomic E-state index is 12.6. The molecule has 0 aliphatic rings. The lowest BCUT2D eigenvalue weighted by Crippen LogP contribution is -2.36. The van der Waals surface area contributed by atoms with Crippen LogP contribution >= 0.6 is 11.3 Å². The van der Waals surface area contributed by atoms with Crippen molar-refractivity contribution in [3.05, 3.63) is 76.3 Å². The average molecular weight is 466 g/mol. The molecule has 0 fully saturated rings. The Labute approximate surface area is 197 Å². The van der Waals surface area contributed by atoms with Crippen molar-refractivity contribution >= 4 is 34.9 Å². The van der Waals surface area contributed by atoms with Crippen LogP contribution in [0.1, 0.15) is 23.2 Å². The fourth-order valence-corrected chi connectivity index (χ4v) is 3.60. The summed E-state index contributed by atoms with van der Waals surface area (Å²) in [4.78, 5) is 30.8. The Hall–Kier alpha value is -3.65. The van der Waals surface area contributed by atoms with Crippen molar-refractivity contribution in [3.63, 3.8) is 0 Å². The standard InChI is InChI=1S/C25H27N3O4S/c1-4-28(15-24(29)27-20-6-5-7-23(14-20)31-3)25(30)13-10-19-8-11-22(12-9-19)32-16-21-17-33-18(2)26-21/h5-14,17H,4,15-16H2,1-3H3,(H,27,29)/b13-10+. The molecule has 0 aliphatic heterocycles. The van der Waals surface area contributed by atoms with Crippen molar-refractivity contribution in [1.29, 1.82) is 0 Å². The van der Waals surface area contributed by atoms with Gasteiger partial charge in [-0.25, -0.2) is 4.98 Å². The van der Waals surface area contributed by atoms with E-state index in [4.69, 9.17) is 9.47 Å². The fourth-order valence-electron chi connectivity index (χ4n) is 3.00. The zero-order valence-electron chi connectivity index (χ0n) is 18.9. The molecule has 0 saturated carbocycles. The average Bonchev–Trinajstić information content (AvgIpc) is 3.25. The third-order valence-corrected chi connectivity index (χ3v) is 5.56. The minimum atomic E-state index is -0.274. The first-order chi connectivity index (χ1) is 16.0. The highest BCUT2D eigenvalue weighted by Crippen LogP contribution is 2.17. The molecule has 1 aromatic heterocycles. The predicted molar refractivity (Wildman–Crippen MR) is 131 cm³/mol. The van der Waals surface area contributed by atoms with E-state index in [-0.39, 0.29) is 18.4 Å². The van der Waals surface area contributed by atoms with Gasteiger partial charge in [0.2, 0.25) is 11.8 Å². The summed E-state index contributed by atoms with van der Waals surface area (Å²) in [7, 11) is 1.56. The maximum atomic E-state index is 12.6. The van der Waals surface area contributed by atoms with Gasteiger partial charge in [-0.1, -0.05) is 18.2 Å². The van der Waals surface area contributed by atoms with E-state index in [1.165, 1.54) is 11.0 Å². The van der Waals surface area contributed by atoms with Crippen LogP contribution < -0.4 is 14.8 Å². The molecular weight excluding hydrogens is 438 g/mol. The zero-order chi connectivity index (χ0) is 23.6. The van der Waals surface area contributed by atoms with Gasteiger partial charge in [0.05, 0.1) is 17.8 Å². The van der Waals surface area contributed by atoms with E-state index in [0.717, 1.165) is 22.0 Å². The number of rotatable bonds is 10. The summed E-state index contributed by atoms with van der Waals surface area (Å²) in [6, 6.07) is 14.5. The van der Waals surface area contributed by atoms with Gasteiger partial charge in [-0.15, -0.1) is 11.3 Å². The molecule has 1 heterocycles. The van der Waals surface area contributed by atoms with Crippen molar-refractivity contribution in [2.24, 2.45) is 0 Å². The highest BCUT2D eigenvalue weighted by atomic mass is 32.1. The number of benzene rings is 2. The van der Waals surface area contributed by atoms with E-state index in [2.05, 4.69) is 10.3 Å². The predicted octanol–water partition coefficient (Wildman–Crippen LogP) is 4.54. The zero-order valence-corrected chi connectivity index (χ0v) is 19.7. The molecule has 2 amide bonds. The summed E-state index contributed by atoms with van der Waals surface area (Å²) in [6.07, 6.45) is 3.19. The molecule has 0 aliphatic carbocycles. The minimum absolute atomic E-state index is 0.0419. The highest BCUT2D eigenvalue weighted by Gasteiger charge is 2.13. The molecule has 7 nitrogen and oxygen atoms in total. The number of hydrogen-bond donors (Lipinski definition) is 1. The number of aromatic nitrogens is 1. The molecule has 33 heavy (non-hydrogen) atoms. The highest BCUT2D eigenvalue weighted by molar-refractivity contribution is 7.09. The molecule has 1 N–H and O–H groups in total. The SMILES string of the molecule is CCN(CC(=O)Nc1cccc(OC)c1)C(=O)/C=C/c1ccc(OCc2csc(C)n2)cc1. The molecule has 172 valence electrons. The number of nitrogens with one attached hydrogen (secondary N) is 1. The topological polar surface area (TPSA) is 80.8 Å². The molecule has 0 atom stereocenters. The van der Waals surface area contributed by atoms with Crippen molar-refractivity contribution in [1.82, 2.24) is 9.88 Å². The summed E-state index contributed by atoms with van der Waals surface area (Å²) in [5.74, 6) is 0.864. The summed E-state index contributed by atoms with van der Waals surface area (Å²) >= 11 is 1.59. The molecule has 2 aromatic carbocycles. The molecule has 0 saturated heterocycles. The van der Waals surface area contributed by atoms with Crippen molar-refractivity contribution < 1.29 is 19.1 Å². The number of nitrogens with zero attached hydrogens (tertiary/aromatic N) is 2. The van der Waals surface area contributed by atoms with Crippen LogP contribution in [-0.2, 0) is 16.2 Å². The van der Waals surface area contributed by atoms with Gasteiger partial charge in [-0.05, 0) is 49.8 Å². The van der Waals surface area contributed by atoms with E-state index in [9.17, 15) is 9.59 Å². The summed E-state index contributed by atoms with van der Waals surface area (Å²) in [6.45, 7) is 4.59. The number of ether oxygens (including phenoxy) is 2. The number of methoxy groups -OCH3 is 1. The van der Waals surface area contributed by atoms with Crippen LogP contribution in [-0.4, -0.2) is 41.9 Å². The lowest BCUT2D eigenvalue weighted by Gasteiger charge is -2.18. The second-order valence-corrected chi connectivity index (χ2v) is 8.24. The number of carbonyl (C=O) groups is 2. The first-order valence-corrected chi connectivity index (χ1v) is 11.4. The fraction of sp³-hybridized carbons (Fsp3) is 0.240. The van der Waals surface area contributed by atoms with E-state index in [0.29, 0.717) is 24.6 Å². The number of thiazole rings is 1. The molecule has 0 bridgehead atoms. The maximum Gasteiger partial charge on any atom is 0.247 e. The van der Waals surface area contributed by atoms with E-state index in [1.54, 1.807) is 48.8 Å². The number of likely N-dealkylation sites (N-methyl/N-ethyl adjacent to an activating group) is 1. The van der Waals surface area contributed by atoms with Gasteiger partial charge in [-0.2, -0.15) is 0 Å². The first-order valence-electron chi connectivity index (χ1n) is 10.5. The van der Waals surface area contributed by atoms with Crippen LogP contribution in [0.15, 0.2) is 60.0 Å². The van der Waals surface area contributed by atoms with Crippen LogP contribution in [0, 0.1) is 6.92 Å². The number of anilines is 1. The monoisotopic (exact) mass is 465 g/mol. The smallest absolute Gasteiger partial charge is 0.247 e. The Bertz CT molecular complexity index is 1110. The van der Waals surface area contributed by atoms with Gasteiger partial charge in [0, 0.05) is 29.8 Å². The third kappa shape index (κ3) is 7.47. The van der Waals surface area contributed by atoms with E-state index >= 15 is 0 Å². The lowest BCUT2D eigenvalue weighted by molar-refractivity contribution is -0.130. The van der Waals surface area contributed by atoms with Gasteiger partial charge in [0.1, 0.15) is 24.7 Å². The number of carbonyl (C=O) groups excluding carboxylic acids is 2. The molecule has 3 aromatic rings. The van der Waals surface area contributed by atoms with Gasteiger partial charge in [0.15, 0.2) is 0 Å². The number of hydrogen-bond acceptors (Lipinski definition) is 6. The molecular formula is C25H27N3O4S.